The summed E-state index contributed by atoms with van der Waals surface area (Å²) in [5.74, 6) is 0.294. The molecule has 0 fully saturated rings. The first-order chi connectivity index (χ1) is 8.16. The number of phenolic OH excluding ortho intramolecular Hbond substituents is 1. The third-order valence-electron chi connectivity index (χ3n) is 3.33. The molecular weight excluding hydrogens is 212 g/mol. The molecule has 0 saturated carbocycles. The number of benzene rings is 2. The van der Waals surface area contributed by atoms with E-state index in [2.05, 4.69) is 29.9 Å². The first kappa shape index (κ1) is 10.3. The lowest BCUT2D eigenvalue weighted by Gasteiger charge is -2.08. The maximum Gasteiger partial charge on any atom is 0.125 e. The van der Waals surface area contributed by atoms with Gasteiger partial charge in [-0.2, -0.15) is 0 Å². The summed E-state index contributed by atoms with van der Waals surface area (Å²) < 4.78 is 0. The number of hydrogen-bond acceptors (Lipinski definition) is 3. The lowest BCUT2D eigenvalue weighted by molar-refractivity contribution is 0.480. The van der Waals surface area contributed by atoms with Crippen LogP contribution in [0.25, 0.3) is 10.8 Å². The van der Waals surface area contributed by atoms with E-state index in [1.807, 2.05) is 6.07 Å². The SMILES string of the molecule is Cc1cc2c(O)cc3c(c2cc1C)=NCCN=3. The second-order valence-electron chi connectivity index (χ2n) is 4.51. The van der Waals surface area contributed by atoms with Crippen LogP contribution in [-0.4, -0.2) is 18.2 Å². The van der Waals surface area contributed by atoms with Gasteiger partial charge >= 0.3 is 0 Å². The Hall–Kier alpha value is -1.90. The van der Waals surface area contributed by atoms with E-state index in [1.165, 1.54) is 11.1 Å². The van der Waals surface area contributed by atoms with E-state index in [1.54, 1.807) is 6.07 Å². The second-order valence-corrected chi connectivity index (χ2v) is 4.51. The topological polar surface area (TPSA) is 45.0 Å². The number of aryl methyl sites for hydroxylation is 2. The number of aromatic hydroxyl groups is 1. The summed E-state index contributed by atoms with van der Waals surface area (Å²) in [6, 6.07) is 5.83. The third kappa shape index (κ3) is 1.50. The van der Waals surface area contributed by atoms with Gasteiger partial charge in [-0.15, -0.1) is 0 Å². The monoisotopic (exact) mass is 226 g/mol. The quantitative estimate of drug-likeness (QED) is 0.725. The van der Waals surface area contributed by atoms with E-state index >= 15 is 0 Å². The zero-order chi connectivity index (χ0) is 12.0. The summed E-state index contributed by atoms with van der Waals surface area (Å²) in [4.78, 5) is 8.93. The molecule has 3 nitrogen and oxygen atoms in total. The number of phenols is 1. The highest BCUT2D eigenvalue weighted by atomic mass is 16.3. The Morgan fingerprint density at radius 1 is 0.941 bits per heavy atom. The van der Waals surface area contributed by atoms with Crippen molar-refractivity contribution >= 4 is 10.8 Å². The van der Waals surface area contributed by atoms with Crippen LogP contribution < -0.4 is 10.7 Å². The molecule has 17 heavy (non-hydrogen) atoms. The summed E-state index contributed by atoms with van der Waals surface area (Å²) in [5.41, 5.74) is 2.39. The minimum absolute atomic E-state index is 0.294. The smallest absolute Gasteiger partial charge is 0.125 e. The number of hydrogen-bond donors (Lipinski definition) is 1. The van der Waals surface area contributed by atoms with Gasteiger partial charge < -0.3 is 5.11 Å². The van der Waals surface area contributed by atoms with E-state index < -0.39 is 0 Å². The molecule has 0 aliphatic carbocycles. The van der Waals surface area contributed by atoms with Gasteiger partial charge in [0.1, 0.15) is 5.75 Å². The first-order valence-corrected chi connectivity index (χ1v) is 5.79. The zero-order valence-corrected chi connectivity index (χ0v) is 9.99. The average molecular weight is 226 g/mol. The van der Waals surface area contributed by atoms with Gasteiger partial charge in [-0.05, 0) is 37.1 Å². The second kappa shape index (κ2) is 3.55. The maximum atomic E-state index is 10.0. The van der Waals surface area contributed by atoms with Crippen molar-refractivity contribution in [3.63, 3.8) is 0 Å². The Morgan fingerprint density at radius 3 is 2.35 bits per heavy atom. The summed E-state index contributed by atoms with van der Waals surface area (Å²) in [6.07, 6.45) is 0. The van der Waals surface area contributed by atoms with Crippen molar-refractivity contribution in [3.05, 3.63) is 40.0 Å². The van der Waals surface area contributed by atoms with Crippen molar-refractivity contribution in [1.29, 1.82) is 0 Å². The molecule has 1 N–H and O–H groups in total. The largest absolute Gasteiger partial charge is 0.507 e. The van der Waals surface area contributed by atoms with E-state index in [4.69, 9.17) is 0 Å². The van der Waals surface area contributed by atoms with E-state index in [9.17, 15) is 5.11 Å². The lowest BCUT2D eigenvalue weighted by Crippen LogP contribution is -2.30. The summed E-state index contributed by atoms with van der Waals surface area (Å²) >= 11 is 0. The maximum absolute atomic E-state index is 10.0. The highest BCUT2D eigenvalue weighted by Crippen LogP contribution is 2.23. The van der Waals surface area contributed by atoms with Crippen molar-refractivity contribution in [2.75, 3.05) is 13.1 Å². The molecule has 0 unspecified atom stereocenters. The Morgan fingerprint density at radius 2 is 1.59 bits per heavy atom. The molecule has 1 aliphatic rings. The van der Waals surface area contributed by atoms with Gasteiger partial charge in [-0.1, -0.05) is 0 Å². The van der Waals surface area contributed by atoms with Gasteiger partial charge in [-0.3, -0.25) is 9.98 Å². The fourth-order valence-electron chi connectivity index (χ4n) is 2.26. The normalized spacial score (nSPS) is 14.0. The molecule has 0 atom stereocenters. The lowest BCUT2D eigenvalue weighted by atomic mass is 10.0. The zero-order valence-electron chi connectivity index (χ0n) is 9.99. The molecule has 86 valence electrons. The number of fused-ring (bicyclic) bond motifs is 3. The third-order valence-corrected chi connectivity index (χ3v) is 3.33. The molecule has 0 spiro atoms. The van der Waals surface area contributed by atoms with Crippen LogP contribution >= 0.6 is 0 Å². The first-order valence-electron chi connectivity index (χ1n) is 5.79. The highest BCUT2D eigenvalue weighted by molar-refractivity contribution is 5.89. The van der Waals surface area contributed by atoms with E-state index in [0.717, 1.165) is 28.0 Å². The molecule has 0 radical (unpaired) electrons. The van der Waals surface area contributed by atoms with Gasteiger partial charge in [-0.25, -0.2) is 0 Å². The minimum Gasteiger partial charge on any atom is -0.507 e. The van der Waals surface area contributed by atoms with E-state index in [0.29, 0.717) is 12.3 Å². The summed E-state index contributed by atoms with van der Waals surface area (Å²) in [5, 5.41) is 13.6. The van der Waals surface area contributed by atoms with Gasteiger partial charge in [0.2, 0.25) is 0 Å². The summed E-state index contributed by atoms with van der Waals surface area (Å²) in [6.45, 7) is 5.57. The Labute approximate surface area is 99.2 Å². The predicted molar refractivity (Wildman–Crippen MR) is 67.1 cm³/mol. The molecule has 0 aromatic heterocycles. The van der Waals surface area contributed by atoms with Crippen molar-refractivity contribution in [1.82, 2.24) is 0 Å². The van der Waals surface area contributed by atoms with Crippen LogP contribution in [0, 0.1) is 13.8 Å². The van der Waals surface area contributed by atoms with Gasteiger partial charge in [0.05, 0.1) is 23.8 Å². The molecule has 2 aromatic rings. The average Bonchev–Trinajstić information content (AvgIpc) is 2.32. The fourth-order valence-corrected chi connectivity index (χ4v) is 2.26. The van der Waals surface area contributed by atoms with Crippen molar-refractivity contribution in [2.24, 2.45) is 9.98 Å². The molecular formula is C14H14N2O. The van der Waals surface area contributed by atoms with Crippen LogP contribution in [0.1, 0.15) is 11.1 Å². The molecule has 3 heteroatoms. The molecule has 0 bridgehead atoms. The van der Waals surface area contributed by atoms with Crippen LogP contribution in [-0.2, 0) is 0 Å². The van der Waals surface area contributed by atoms with Gasteiger partial charge in [0, 0.05) is 16.8 Å². The number of rotatable bonds is 0. The molecule has 3 rings (SSSR count). The van der Waals surface area contributed by atoms with Crippen molar-refractivity contribution < 1.29 is 5.11 Å². The molecule has 1 aliphatic heterocycles. The number of nitrogens with zero attached hydrogens (tertiary/aromatic N) is 2. The fraction of sp³-hybridized carbons (Fsp3) is 0.286. The highest BCUT2D eigenvalue weighted by Gasteiger charge is 2.08. The van der Waals surface area contributed by atoms with Gasteiger partial charge in [0.25, 0.3) is 0 Å². The van der Waals surface area contributed by atoms with Crippen molar-refractivity contribution in [3.8, 4) is 5.75 Å². The van der Waals surface area contributed by atoms with Gasteiger partial charge in [0.15, 0.2) is 0 Å². The standard InChI is InChI=1S/C14H14N2O/c1-8-5-10-11(6-9(8)2)14-12(7-13(10)17)15-3-4-16-14/h5-7,17H,3-4H2,1-2H3. The molecule has 1 heterocycles. The Kier molecular flexibility index (Phi) is 2.15. The summed E-state index contributed by atoms with van der Waals surface area (Å²) in [7, 11) is 0. The van der Waals surface area contributed by atoms with Crippen LogP contribution in [0.3, 0.4) is 0 Å². The molecule has 0 amide bonds. The van der Waals surface area contributed by atoms with E-state index in [-0.39, 0.29) is 0 Å². The van der Waals surface area contributed by atoms with Crippen LogP contribution in [0.15, 0.2) is 28.2 Å². The Balaban J connectivity index is 2.59. The molecule has 2 aromatic carbocycles. The van der Waals surface area contributed by atoms with Crippen LogP contribution in [0.5, 0.6) is 5.75 Å². The molecule has 0 saturated heterocycles. The van der Waals surface area contributed by atoms with Crippen molar-refractivity contribution in [2.45, 2.75) is 13.8 Å². The predicted octanol–water partition coefficient (Wildman–Crippen LogP) is 1.42. The van der Waals surface area contributed by atoms with Crippen LogP contribution in [0.4, 0.5) is 0 Å². The van der Waals surface area contributed by atoms with Crippen LogP contribution in [0.2, 0.25) is 0 Å². The Bertz CT molecular complexity index is 732. The minimum atomic E-state index is 0.294.